The van der Waals surface area contributed by atoms with Gasteiger partial charge in [-0.3, -0.25) is 9.59 Å². The van der Waals surface area contributed by atoms with Crippen molar-refractivity contribution < 1.29 is 28.6 Å². The Bertz CT molecular complexity index is 780. The predicted octanol–water partition coefficient (Wildman–Crippen LogP) is 3.34. The van der Waals surface area contributed by atoms with Crippen LogP contribution in [0.4, 0.5) is 0 Å². The van der Waals surface area contributed by atoms with Crippen molar-refractivity contribution in [2.75, 3.05) is 13.7 Å². The van der Waals surface area contributed by atoms with Crippen LogP contribution in [0.3, 0.4) is 0 Å². The number of β-lactam (4-membered cyclic amide) rings is 1. The van der Waals surface area contributed by atoms with Crippen LogP contribution >= 0.6 is 0 Å². The summed E-state index contributed by atoms with van der Waals surface area (Å²) in [5.74, 6) is -1.60. The Hall–Kier alpha value is -2.57. The zero-order valence-corrected chi connectivity index (χ0v) is 19.0. The van der Waals surface area contributed by atoms with Crippen LogP contribution in [0.2, 0.25) is 0 Å². The molecule has 1 aromatic rings. The number of esters is 2. The number of ether oxygens (including phenoxy) is 3. The topological polar surface area (TPSA) is 82.1 Å². The van der Waals surface area contributed by atoms with Crippen LogP contribution in [0.25, 0.3) is 0 Å². The molecule has 1 aromatic carbocycles. The second-order valence-corrected chi connectivity index (χ2v) is 8.82. The quantitative estimate of drug-likeness (QED) is 0.475. The summed E-state index contributed by atoms with van der Waals surface area (Å²) in [6.45, 7) is 11.2. The molecule has 1 aliphatic heterocycles. The van der Waals surface area contributed by atoms with E-state index in [4.69, 9.17) is 14.2 Å². The Labute approximate surface area is 178 Å². The van der Waals surface area contributed by atoms with Crippen molar-refractivity contribution in [2.45, 2.75) is 65.6 Å². The van der Waals surface area contributed by atoms with Crippen LogP contribution in [0.5, 0.6) is 5.75 Å². The number of benzene rings is 1. The summed E-state index contributed by atoms with van der Waals surface area (Å²) in [5, 5.41) is 0. The van der Waals surface area contributed by atoms with Gasteiger partial charge in [0.05, 0.1) is 26.1 Å². The molecule has 7 nitrogen and oxygen atoms in total. The molecule has 30 heavy (non-hydrogen) atoms. The minimum Gasteiger partial charge on any atom is -0.497 e. The Morgan fingerprint density at radius 1 is 1.17 bits per heavy atom. The standard InChI is InChI=1S/C23H33NO6/c1-8-29-21(27)23(15(2)3)18(13-19(25)30-22(4,5)6)20(26)24(23)14-16-9-11-17(28-7)12-10-16/h9-12,15,18H,8,13-14H2,1-7H3/t18-,23+/m1/s1. The van der Waals surface area contributed by atoms with Gasteiger partial charge in [-0.05, 0) is 51.3 Å². The molecule has 1 saturated heterocycles. The number of rotatable bonds is 8. The largest absolute Gasteiger partial charge is 0.497 e. The zero-order valence-electron chi connectivity index (χ0n) is 19.0. The number of carbonyl (C=O) groups is 3. The number of likely N-dealkylation sites (tertiary alicyclic amines) is 1. The van der Waals surface area contributed by atoms with Crippen molar-refractivity contribution in [2.24, 2.45) is 11.8 Å². The Morgan fingerprint density at radius 3 is 2.23 bits per heavy atom. The van der Waals surface area contributed by atoms with Gasteiger partial charge in [-0.25, -0.2) is 4.79 Å². The molecule has 1 heterocycles. The molecule has 0 bridgehead atoms. The van der Waals surface area contributed by atoms with Crippen LogP contribution in [0.15, 0.2) is 24.3 Å². The molecular formula is C23H33NO6. The van der Waals surface area contributed by atoms with Crippen LogP contribution in [-0.2, 0) is 30.4 Å². The predicted molar refractivity (Wildman–Crippen MR) is 112 cm³/mol. The molecule has 2 rings (SSSR count). The van der Waals surface area contributed by atoms with Gasteiger partial charge in [0, 0.05) is 6.54 Å². The fourth-order valence-corrected chi connectivity index (χ4v) is 4.04. The molecule has 1 aliphatic rings. The summed E-state index contributed by atoms with van der Waals surface area (Å²) in [6.07, 6.45) is -0.161. The summed E-state index contributed by atoms with van der Waals surface area (Å²) in [7, 11) is 1.58. The summed E-state index contributed by atoms with van der Waals surface area (Å²) in [5.41, 5.74) is -1.03. The molecule has 0 saturated carbocycles. The van der Waals surface area contributed by atoms with E-state index in [9.17, 15) is 14.4 Å². The average Bonchev–Trinajstić information content (AvgIpc) is 2.65. The molecule has 1 fully saturated rings. The van der Waals surface area contributed by atoms with Crippen molar-refractivity contribution in [3.63, 3.8) is 0 Å². The lowest BCUT2D eigenvalue weighted by molar-refractivity contribution is -0.203. The van der Waals surface area contributed by atoms with Crippen molar-refractivity contribution in [3.8, 4) is 5.75 Å². The smallest absolute Gasteiger partial charge is 0.333 e. The van der Waals surface area contributed by atoms with Crippen LogP contribution in [0.1, 0.15) is 53.5 Å². The summed E-state index contributed by atoms with van der Waals surface area (Å²) < 4.78 is 16.0. The van der Waals surface area contributed by atoms with Crippen LogP contribution in [0, 0.1) is 11.8 Å². The zero-order chi connectivity index (χ0) is 22.7. The summed E-state index contributed by atoms with van der Waals surface area (Å²) in [6, 6.07) is 7.31. The lowest BCUT2D eigenvalue weighted by atomic mass is 9.64. The Morgan fingerprint density at radius 2 is 1.77 bits per heavy atom. The number of amides is 1. The number of hydrogen-bond acceptors (Lipinski definition) is 6. The van der Waals surface area contributed by atoms with Crippen LogP contribution in [-0.4, -0.2) is 47.6 Å². The van der Waals surface area contributed by atoms with Crippen molar-refractivity contribution in [1.82, 2.24) is 4.90 Å². The maximum atomic E-state index is 13.1. The first kappa shape index (κ1) is 23.7. The van der Waals surface area contributed by atoms with E-state index >= 15 is 0 Å². The van der Waals surface area contributed by atoms with Gasteiger partial charge in [0.25, 0.3) is 0 Å². The second-order valence-electron chi connectivity index (χ2n) is 8.82. The fraction of sp³-hybridized carbons (Fsp3) is 0.609. The third kappa shape index (κ3) is 4.60. The number of nitrogens with zero attached hydrogens (tertiary/aromatic N) is 1. The van der Waals surface area contributed by atoms with Gasteiger partial charge in [0.1, 0.15) is 11.4 Å². The van der Waals surface area contributed by atoms with Crippen molar-refractivity contribution >= 4 is 17.8 Å². The molecule has 7 heteroatoms. The molecule has 0 unspecified atom stereocenters. The normalized spacial score (nSPS) is 21.3. The van der Waals surface area contributed by atoms with E-state index < -0.39 is 29.0 Å². The first-order valence-electron chi connectivity index (χ1n) is 10.3. The van der Waals surface area contributed by atoms with Gasteiger partial charge in [-0.15, -0.1) is 0 Å². The van der Waals surface area contributed by atoms with Gasteiger partial charge >= 0.3 is 11.9 Å². The van der Waals surface area contributed by atoms with E-state index in [2.05, 4.69) is 0 Å². The monoisotopic (exact) mass is 419 g/mol. The molecule has 0 N–H and O–H groups in total. The molecule has 2 atom stereocenters. The van der Waals surface area contributed by atoms with Gasteiger partial charge < -0.3 is 19.1 Å². The van der Waals surface area contributed by atoms with E-state index in [0.717, 1.165) is 5.56 Å². The maximum absolute atomic E-state index is 13.1. The van der Waals surface area contributed by atoms with E-state index in [1.54, 1.807) is 46.9 Å². The average molecular weight is 420 g/mol. The van der Waals surface area contributed by atoms with E-state index in [1.165, 1.54) is 4.90 Å². The molecule has 0 spiro atoms. The molecule has 1 amide bonds. The Balaban J connectivity index is 2.36. The minimum atomic E-state index is -1.22. The van der Waals surface area contributed by atoms with Gasteiger partial charge in [0.15, 0.2) is 5.54 Å². The molecular weight excluding hydrogens is 386 g/mol. The molecule has 166 valence electrons. The van der Waals surface area contributed by atoms with Crippen molar-refractivity contribution in [1.29, 1.82) is 0 Å². The molecule has 0 radical (unpaired) electrons. The second kappa shape index (κ2) is 9.06. The lowest BCUT2D eigenvalue weighted by Crippen LogP contribution is -2.77. The van der Waals surface area contributed by atoms with Gasteiger partial charge in [-0.2, -0.15) is 0 Å². The summed E-state index contributed by atoms with van der Waals surface area (Å²) >= 11 is 0. The van der Waals surface area contributed by atoms with Gasteiger partial charge in [-0.1, -0.05) is 26.0 Å². The van der Waals surface area contributed by atoms with Gasteiger partial charge in [0.2, 0.25) is 5.91 Å². The first-order valence-corrected chi connectivity index (χ1v) is 10.3. The van der Waals surface area contributed by atoms with Crippen LogP contribution < -0.4 is 4.74 Å². The SMILES string of the molecule is CCOC(=O)[C@]1(C(C)C)[C@H](CC(=O)OC(C)(C)C)C(=O)N1Cc1ccc(OC)cc1. The highest BCUT2D eigenvalue weighted by atomic mass is 16.6. The van der Waals surface area contributed by atoms with Crippen molar-refractivity contribution in [3.05, 3.63) is 29.8 Å². The van der Waals surface area contributed by atoms with E-state index in [0.29, 0.717) is 5.75 Å². The minimum absolute atomic E-state index is 0.161. The highest BCUT2D eigenvalue weighted by Gasteiger charge is 2.67. The fourth-order valence-electron chi connectivity index (χ4n) is 4.04. The van der Waals surface area contributed by atoms with E-state index in [1.807, 2.05) is 26.0 Å². The Kier molecular flexibility index (Phi) is 7.16. The number of hydrogen-bond donors (Lipinski definition) is 0. The first-order chi connectivity index (χ1) is 14.0. The highest BCUT2D eigenvalue weighted by molar-refractivity contribution is 6.03. The lowest BCUT2D eigenvalue weighted by Gasteiger charge is -2.57. The number of methoxy groups -OCH3 is 1. The summed E-state index contributed by atoms with van der Waals surface area (Å²) in [4.78, 5) is 40.2. The highest BCUT2D eigenvalue weighted by Crippen LogP contribution is 2.47. The molecule has 0 aliphatic carbocycles. The van der Waals surface area contributed by atoms with E-state index in [-0.39, 0.29) is 31.4 Å². The number of carbonyl (C=O) groups excluding carboxylic acids is 3. The third-order valence-electron chi connectivity index (χ3n) is 5.32. The maximum Gasteiger partial charge on any atom is 0.333 e. The molecule has 0 aromatic heterocycles. The third-order valence-corrected chi connectivity index (χ3v) is 5.32.